The lowest BCUT2D eigenvalue weighted by Gasteiger charge is -2.49. The smallest absolute Gasteiger partial charge is 0.246 e. The number of likely N-dealkylation sites (N-methyl/N-ethyl adjacent to an activating group) is 1. The molecule has 0 saturated carbocycles. The molecule has 5 rings (SSSR count). The van der Waals surface area contributed by atoms with Crippen molar-refractivity contribution in [1.29, 1.82) is 0 Å². The van der Waals surface area contributed by atoms with Gasteiger partial charge in [-0.1, -0.05) is 6.92 Å². The molecular formula is C20H21FN8O. The van der Waals surface area contributed by atoms with Crippen LogP contribution in [0, 0.1) is 6.92 Å². The van der Waals surface area contributed by atoms with E-state index in [0.717, 1.165) is 16.9 Å². The summed E-state index contributed by atoms with van der Waals surface area (Å²) in [6.07, 6.45) is 7.48. The molecule has 1 atom stereocenters. The Morgan fingerprint density at radius 1 is 1.33 bits per heavy atom. The fourth-order valence-electron chi connectivity index (χ4n) is 4.04. The first-order valence-corrected chi connectivity index (χ1v) is 9.76. The van der Waals surface area contributed by atoms with E-state index in [4.69, 9.17) is 4.98 Å². The van der Waals surface area contributed by atoms with Crippen LogP contribution in [0.15, 0.2) is 36.7 Å². The minimum Gasteiger partial charge on any atom is -0.336 e. The third-order valence-corrected chi connectivity index (χ3v) is 5.95. The number of pyridine rings is 1. The summed E-state index contributed by atoms with van der Waals surface area (Å²) in [5.74, 6) is 0.764. The van der Waals surface area contributed by atoms with Gasteiger partial charge in [0.05, 0.1) is 30.2 Å². The molecule has 1 aliphatic heterocycles. The van der Waals surface area contributed by atoms with Crippen molar-refractivity contribution in [2.75, 3.05) is 28.7 Å². The van der Waals surface area contributed by atoms with Gasteiger partial charge in [-0.2, -0.15) is 10.1 Å². The Balaban J connectivity index is 1.56. The first-order chi connectivity index (χ1) is 14.4. The molecule has 3 aromatic heterocycles. The number of halogens is 1. The minimum absolute atomic E-state index is 0.0761. The molecule has 0 fully saturated rings. The number of carbonyl (C=O) groups is 1. The molecular weight excluding hydrogens is 387 g/mol. The first kappa shape index (κ1) is 18.5. The van der Waals surface area contributed by atoms with Gasteiger partial charge in [0.2, 0.25) is 11.9 Å². The van der Waals surface area contributed by atoms with Crippen LogP contribution >= 0.6 is 0 Å². The molecule has 1 aliphatic carbocycles. The first-order valence-electron chi connectivity index (χ1n) is 9.76. The van der Waals surface area contributed by atoms with Gasteiger partial charge in [0.15, 0.2) is 11.5 Å². The Hall–Kier alpha value is -3.56. The molecule has 1 N–H and O–H groups in total. The topological polar surface area (TPSA) is 91.6 Å². The number of nitrogens with zero attached hydrogens (tertiary/aromatic N) is 7. The van der Waals surface area contributed by atoms with Crippen LogP contribution < -0.4 is 15.1 Å². The molecule has 0 spiro atoms. The van der Waals surface area contributed by atoms with Gasteiger partial charge in [-0.05, 0) is 31.1 Å². The van der Waals surface area contributed by atoms with Crippen LogP contribution in [0.4, 0.5) is 27.5 Å². The highest BCUT2D eigenvalue weighted by Gasteiger charge is 2.46. The summed E-state index contributed by atoms with van der Waals surface area (Å²) < 4.78 is 15.4. The SMILES string of the molecule is CCC1(N2CC(=O)N(C)c3cnc(Nc4cn5ncnc5cc4C)nc32)C=C(F)C1. The van der Waals surface area contributed by atoms with Gasteiger partial charge in [0.1, 0.15) is 17.8 Å². The largest absolute Gasteiger partial charge is 0.336 e. The van der Waals surface area contributed by atoms with Crippen LogP contribution in [0.1, 0.15) is 25.3 Å². The van der Waals surface area contributed by atoms with E-state index < -0.39 is 5.54 Å². The zero-order valence-corrected chi connectivity index (χ0v) is 16.9. The predicted octanol–water partition coefficient (Wildman–Crippen LogP) is 2.76. The van der Waals surface area contributed by atoms with Crippen molar-refractivity contribution in [2.45, 2.75) is 32.2 Å². The molecule has 3 aromatic rings. The number of rotatable bonds is 4. The van der Waals surface area contributed by atoms with E-state index in [1.165, 1.54) is 6.33 Å². The number of nitrogens with one attached hydrogen (secondary N) is 1. The number of carbonyl (C=O) groups excluding carboxylic acids is 1. The van der Waals surface area contributed by atoms with Crippen molar-refractivity contribution in [3.05, 3.63) is 42.3 Å². The maximum Gasteiger partial charge on any atom is 0.246 e. The summed E-state index contributed by atoms with van der Waals surface area (Å²) in [6, 6.07) is 1.92. The second kappa shape index (κ2) is 6.48. The summed E-state index contributed by atoms with van der Waals surface area (Å²) in [4.78, 5) is 29.3. The zero-order chi connectivity index (χ0) is 21.0. The van der Waals surface area contributed by atoms with Crippen LogP contribution in [-0.2, 0) is 4.79 Å². The number of aromatic nitrogens is 5. The Kier molecular flexibility index (Phi) is 3.99. The average Bonchev–Trinajstić information content (AvgIpc) is 3.15. The predicted molar refractivity (Wildman–Crippen MR) is 111 cm³/mol. The van der Waals surface area contributed by atoms with Gasteiger partial charge in [-0.3, -0.25) is 4.79 Å². The molecule has 9 nitrogen and oxygen atoms in total. The van der Waals surface area contributed by atoms with Crippen LogP contribution in [0.3, 0.4) is 0 Å². The van der Waals surface area contributed by atoms with Gasteiger partial charge < -0.3 is 15.1 Å². The standard InChI is InChI=1S/C20H21FN8O/c1-4-20(6-13(21)7-20)28-10-17(30)27(3)15-8-22-19(26-18(15)28)25-14-9-29-16(5-12(14)2)23-11-24-29/h5-6,8-9,11H,4,7,10H2,1-3H3,(H,22,25,26). The number of amides is 1. The quantitative estimate of drug-likeness (QED) is 0.710. The Bertz CT molecular complexity index is 1200. The Morgan fingerprint density at radius 2 is 2.13 bits per heavy atom. The highest BCUT2D eigenvalue weighted by atomic mass is 19.1. The molecule has 154 valence electrons. The Labute approximate surface area is 172 Å². The van der Waals surface area contributed by atoms with Crippen molar-refractivity contribution >= 4 is 34.7 Å². The second-order valence-corrected chi connectivity index (χ2v) is 7.72. The van der Waals surface area contributed by atoms with Crippen LogP contribution in [-0.4, -0.2) is 49.6 Å². The van der Waals surface area contributed by atoms with Gasteiger partial charge in [0, 0.05) is 13.5 Å². The van der Waals surface area contributed by atoms with E-state index in [1.54, 1.807) is 28.7 Å². The number of hydrogen-bond acceptors (Lipinski definition) is 7. The molecule has 30 heavy (non-hydrogen) atoms. The van der Waals surface area contributed by atoms with E-state index in [1.807, 2.05) is 31.0 Å². The highest BCUT2D eigenvalue weighted by Crippen LogP contribution is 2.45. The van der Waals surface area contributed by atoms with Crippen molar-refractivity contribution in [3.8, 4) is 0 Å². The van der Waals surface area contributed by atoms with Crippen LogP contribution in [0.25, 0.3) is 5.65 Å². The van der Waals surface area contributed by atoms with Crippen molar-refractivity contribution < 1.29 is 9.18 Å². The fraction of sp³-hybridized carbons (Fsp3) is 0.350. The lowest BCUT2D eigenvalue weighted by molar-refractivity contribution is -0.117. The maximum atomic E-state index is 13.7. The maximum absolute atomic E-state index is 13.7. The van der Waals surface area contributed by atoms with Gasteiger partial charge >= 0.3 is 0 Å². The number of aryl methyl sites for hydroxylation is 1. The number of anilines is 4. The van der Waals surface area contributed by atoms with E-state index in [2.05, 4.69) is 20.4 Å². The van der Waals surface area contributed by atoms with Crippen molar-refractivity contribution in [1.82, 2.24) is 24.6 Å². The van der Waals surface area contributed by atoms with Crippen molar-refractivity contribution in [3.63, 3.8) is 0 Å². The second-order valence-electron chi connectivity index (χ2n) is 7.72. The van der Waals surface area contributed by atoms with E-state index in [-0.39, 0.29) is 24.7 Å². The molecule has 1 unspecified atom stereocenters. The molecule has 0 radical (unpaired) electrons. The van der Waals surface area contributed by atoms with Crippen LogP contribution in [0.2, 0.25) is 0 Å². The summed E-state index contributed by atoms with van der Waals surface area (Å²) in [5, 5.41) is 7.40. The lowest BCUT2D eigenvalue weighted by Crippen LogP contribution is -2.58. The fourth-order valence-corrected chi connectivity index (χ4v) is 4.04. The van der Waals surface area contributed by atoms with E-state index >= 15 is 0 Å². The van der Waals surface area contributed by atoms with E-state index in [9.17, 15) is 9.18 Å². The van der Waals surface area contributed by atoms with Gasteiger partial charge in [-0.15, -0.1) is 0 Å². The lowest BCUT2D eigenvalue weighted by atomic mass is 9.79. The Morgan fingerprint density at radius 3 is 2.87 bits per heavy atom. The number of fused-ring (bicyclic) bond motifs is 2. The van der Waals surface area contributed by atoms with Gasteiger partial charge in [0.25, 0.3) is 0 Å². The monoisotopic (exact) mass is 408 g/mol. The summed E-state index contributed by atoms with van der Waals surface area (Å²) in [5.41, 5.74) is 2.57. The summed E-state index contributed by atoms with van der Waals surface area (Å²) >= 11 is 0. The van der Waals surface area contributed by atoms with Gasteiger partial charge in [-0.25, -0.2) is 18.9 Å². The van der Waals surface area contributed by atoms with E-state index in [0.29, 0.717) is 23.9 Å². The van der Waals surface area contributed by atoms with Crippen LogP contribution in [0.5, 0.6) is 0 Å². The average molecular weight is 408 g/mol. The normalized spacial score (nSPS) is 20.8. The molecule has 0 bridgehead atoms. The molecule has 1 amide bonds. The highest BCUT2D eigenvalue weighted by molar-refractivity contribution is 6.02. The molecule has 10 heteroatoms. The third-order valence-electron chi connectivity index (χ3n) is 5.95. The molecule has 0 saturated heterocycles. The molecule has 2 aliphatic rings. The zero-order valence-electron chi connectivity index (χ0n) is 16.9. The minimum atomic E-state index is -0.545. The summed E-state index contributed by atoms with van der Waals surface area (Å²) in [7, 11) is 1.70. The summed E-state index contributed by atoms with van der Waals surface area (Å²) in [6.45, 7) is 4.09. The number of hydrogen-bond donors (Lipinski definition) is 1. The third kappa shape index (κ3) is 2.71. The molecule has 0 aromatic carbocycles. The van der Waals surface area contributed by atoms with Crippen molar-refractivity contribution in [2.24, 2.45) is 0 Å². The molecule has 4 heterocycles.